The van der Waals surface area contributed by atoms with E-state index in [1.54, 1.807) is 39.4 Å². The molecule has 169 valence electrons. The number of carbonyl (C=O) groups is 1. The van der Waals surface area contributed by atoms with Gasteiger partial charge < -0.3 is 24.6 Å². The van der Waals surface area contributed by atoms with Crippen molar-refractivity contribution in [2.24, 2.45) is 0 Å². The maximum atomic E-state index is 13.0. The molecule has 4 rings (SSSR count). The fourth-order valence-corrected chi connectivity index (χ4v) is 3.70. The Labute approximate surface area is 194 Å². The van der Waals surface area contributed by atoms with Crippen LogP contribution in [0.4, 0.5) is 17.1 Å². The van der Waals surface area contributed by atoms with Gasteiger partial charge in [-0.3, -0.25) is 9.78 Å². The molecule has 1 N–H and O–H groups in total. The largest absolute Gasteiger partial charge is 0.427 e. The first-order chi connectivity index (χ1) is 16.0. The first-order valence-electron chi connectivity index (χ1n) is 10.8. The maximum absolute atomic E-state index is 13.0. The minimum absolute atomic E-state index is 0.297. The highest BCUT2D eigenvalue weighted by Crippen LogP contribution is 2.26. The fraction of sp³-hybridized carbons (Fsp3) is 0.304. The molecule has 2 aromatic heterocycles. The number of benzene rings is 1. The van der Waals surface area contributed by atoms with Crippen LogP contribution in [0.1, 0.15) is 10.5 Å². The molecule has 1 aliphatic heterocycles. The Hall–Kier alpha value is -3.50. The van der Waals surface area contributed by atoms with Gasteiger partial charge in [-0.05, 0) is 36.4 Å². The summed E-state index contributed by atoms with van der Waals surface area (Å²) in [5.41, 5.74) is 3.82. The third-order valence-electron chi connectivity index (χ3n) is 5.49. The van der Waals surface area contributed by atoms with Gasteiger partial charge in [-0.15, -0.1) is 0 Å². The molecule has 0 bridgehead atoms. The molecule has 0 saturated carbocycles. The Morgan fingerprint density at radius 1 is 1.06 bits per heavy atom. The van der Waals surface area contributed by atoms with Crippen molar-refractivity contribution in [1.82, 2.24) is 19.8 Å². The number of hydrogen-bond donors (Lipinski definition) is 1. The predicted molar refractivity (Wildman–Crippen MR) is 131 cm³/mol. The topological polar surface area (TPSA) is 86.7 Å². The zero-order chi connectivity index (χ0) is 23.2. The van der Waals surface area contributed by atoms with Gasteiger partial charge in [-0.25, -0.2) is 9.97 Å². The van der Waals surface area contributed by atoms with Crippen LogP contribution in [0.3, 0.4) is 0 Å². The lowest BCUT2D eigenvalue weighted by atomic mass is 10.1. The summed E-state index contributed by atoms with van der Waals surface area (Å²) >= 11 is 0. The predicted octanol–water partition coefficient (Wildman–Crippen LogP) is 2.16. The number of nitrogens with zero attached hydrogens (tertiary/aromatic N) is 6. The molecule has 1 aromatic carbocycles. The van der Waals surface area contributed by atoms with E-state index in [9.17, 15) is 4.79 Å². The normalized spacial score (nSPS) is 14.1. The molecule has 1 amide bonds. The van der Waals surface area contributed by atoms with Gasteiger partial charge in [0.25, 0.3) is 5.91 Å². The highest BCUT2D eigenvalue weighted by molar-refractivity contribution is 6.23. The molecular formula is C23H27BN7O2. The van der Waals surface area contributed by atoms with E-state index in [-0.39, 0.29) is 5.91 Å². The molecule has 0 unspecified atom stereocenters. The average Bonchev–Trinajstić information content (AvgIpc) is 2.85. The standard InChI is InChI=1S/C23H27BN7O2/c1-29(2)18-6-4-17(5-7-18)22-26-11-8-19(27-22)23(32)28-20-16-25-10-9-21(20)30-12-14-31(15-13-30)24-33-3/h4-11,16H,12-15H2,1-3H3,(H,28,32). The van der Waals surface area contributed by atoms with E-state index in [0.29, 0.717) is 17.2 Å². The molecule has 3 aromatic rings. The van der Waals surface area contributed by atoms with Crippen molar-refractivity contribution in [3.63, 3.8) is 0 Å². The number of rotatable bonds is 7. The van der Waals surface area contributed by atoms with E-state index in [4.69, 9.17) is 4.65 Å². The second kappa shape index (κ2) is 10.4. The molecule has 1 radical (unpaired) electrons. The molecule has 1 aliphatic rings. The lowest BCUT2D eigenvalue weighted by molar-refractivity contribution is 0.102. The van der Waals surface area contributed by atoms with Crippen LogP contribution in [0.25, 0.3) is 11.4 Å². The highest BCUT2D eigenvalue weighted by Gasteiger charge is 2.21. The second-order valence-electron chi connectivity index (χ2n) is 7.92. The molecule has 0 aliphatic carbocycles. The average molecular weight is 444 g/mol. The molecule has 0 spiro atoms. The van der Waals surface area contributed by atoms with Crippen molar-refractivity contribution in [3.05, 3.63) is 60.7 Å². The van der Waals surface area contributed by atoms with Crippen LogP contribution in [-0.4, -0.2) is 80.7 Å². The van der Waals surface area contributed by atoms with Crippen molar-refractivity contribution in [2.75, 3.05) is 62.5 Å². The van der Waals surface area contributed by atoms with E-state index < -0.39 is 0 Å². The van der Waals surface area contributed by atoms with Crippen molar-refractivity contribution >= 4 is 30.6 Å². The molecule has 10 heteroatoms. The van der Waals surface area contributed by atoms with Crippen LogP contribution < -0.4 is 15.1 Å². The number of carbonyl (C=O) groups excluding carboxylic acids is 1. The van der Waals surface area contributed by atoms with E-state index in [1.165, 1.54) is 0 Å². The molecular weight excluding hydrogens is 417 g/mol. The fourth-order valence-electron chi connectivity index (χ4n) is 3.70. The number of pyridine rings is 1. The lowest BCUT2D eigenvalue weighted by Gasteiger charge is -2.36. The summed E-state index contributed by atoms with van der Waals surface area (Å²) < 4.78 is 5.11. The first-order valence-corrected chi connectivity index (χ1v) is 10.8. The quantitative estimate of drug-likeness (QED) is 0.555. The van der Waals surface area contributed by atoms with Crippen LogP contribution in [0.2, 0.25) is 0 Å². The maximum Gasteiger partial charge on any atom is 0.398 e. The smallest absolute Gasteiger partial charge is 0.398 e. The van der Waals surface area contributed by atoms with Crippen molar-refractivity contribution in [3.8, 4) is 11.4 Å². The molecule has 3 heterocycles. The van der Waals surface area contributed by atoms with Crippen molar-refractivity contribution in [2.45, 2.75) is 0 Å². The Bertz CT molecular complexity index is 1090. The van der Waals surface area contributed by atoms with Crippen LogP contribution in [0, 0.1) is 0 Å². The van der Waals surface area contributed by atoms with E-state index in [1.807, 2.05) is 49.3 Å². The molecule has 33 heavy (non-hydrogen) atoms. The Balaban J connectivity index is 1.49. The minimum atomic E-state index is -0.302. The minimum Gasteiger partial charge on any atom is -0.427 e. The van der Waals surface area contributed by atoms with Gasteiger partial charge in [-0.1, -0.05) is 0 Å². The highest BCUT2D eigenvalue weighted by atomic mass is 16.4. The number of amides is 1. The Morgan fingerprint density at radius 2 is 1.82 bits per heavy atom. The first kappa shape index (κ1) is 22.7. The van der Waals surface area contributed by atoms with Crippen molar-refractivity contribution in [1.29, 1.82) is 0 Å². The molecule has 0 atom stereocenters. The summed E-state index contributed by atoms with van der Waals surface area (Å²) in [6, 6.07) is 11.4. The second-order valence-corrected chi connectivity index (χ2v) is 7.92. The number of nitrogens with one attached hydrogen (secondary N) is 1. The zero-order valence-corrected chi connectivity index (χ0v) is 19.1. The zero-order valence-electron chi connectivity index (χ0n) is 19.1. The van der Waals surface area contributed by atoms with Crippen LogP contribution >= 0.6 is 0 Å². The Morgan fingerprint density at radius 3 is 2.52 bits per heavy atom. The number of aromatic nitrogens is 3. The van der Waals surface area contributed by atoms with Crippen LogP contribution in [-0.2, 0) is 4.65 Å². The SMILES string of the molecule is CO[B]N1CCN(c2ccncc2NC(=O)c2ccnc(-c3ccc(N(C)C)cc3)n2)CC1. The van der Waals surface area contributed by atoms with Crippen LogP contribution in [0.15, 0.2) is 55.0 Å². The van der Waals surface area contributed by atoms with Crippen LogP contribution in [0.5, 0.6) is 0 Å². The lowest BCUT2D eigenvalue weighted by Crippen LogP contribution is -2.48. The molecule has 1 saturated heterocycles. The van der Waals surface area contributed by atoms with Gasteiger partial charge >= 0.3 is 7.62 Å². The monoisotopic (exact) mass is 444 g/mol. The molecule has 9 nitrogen and oxygen atoms in total. The van der Waals surface area contributed by atoms with E-state index in [2.05, 4.69) is 30.0 Å². The van der Waals surface area contributed by atoms with Gasteiger partial charge in [-0.2, -0.15) is 0 Å². The van der Waals surface area contributed by atoms with Gasteiger partial charge in [0.05, 0.1) is 17.6 Å². The third-order valence-corrected chi connectivity index (χ3v) is 5.49. The van der Waals surface area contributed by atoms with Crippen molar-refractivity contribution < 1.29 is 9.45 Å². The molecule has 1 fully saturated rings. The summed E-state index contributed by atoms with van der Waals surface area (Å²) in [5, 5.41) is 2.98. The number of piperazine rings is 1. The van der Waals surface area contributed by atoms with E-state index in [0.717, 1.165) is 43.1 Å². The summed E-state index contributed by atoms with van der Waals surface area (Å²) in [6.07, 6.45) is 5.01. The summed E-state index contributed by atoms with van der Waals surface area (Å²) in [7, 11) is 7.37. The summed E-state index contributed by atoms with van der Waals surface area (Å²) in [5.74, 6) is 0.203. The number of hydrogen-bond acceptors (Lipinski definition) is 8. The van der Waals surface area contributed by atoms with Gasteiger partial charge in [0, 0.05) is 71.0 Å². The third kappa shape index (κ3) is 5.47. The Kier molecular flexibility index (Phi) is 7.16. The van der Waals surface area contributed by atoms with Gasteiger partial charge in [0.1, 0.15) is 5.69 Å². The van der Waals surface area contributed by atoms with E-state index >= 15 is 0 Å². The number of anilines is 3. The van der Waals surface area contributed by atoms with Gasteiger partial charge in [0.15, 0.2) is 5.82 Å². The van der Waals surface area contributed by atoms with Gasteiger partial charge in [0.2, 0.25) is 0 Å². The summed E-state index contributed by atoms with van der Waals surface area (Å²) in [4.78, 5) is 32.5. The summed E-state index contributed by atoms with van der Waals surface area (Å²) in [6.45, 7) is 3.30.